The van der Waals surface area contributed by atoms with Gasteiger partial charge in [0.25, 0.3) is 10.0 Å². The van der Waals surface area contributed by atoms with E-state index in [1.165, 1.54) is 0 Å². The van der Waals surface area contributed by atoms with E-state index in [1.54, 1.807) is 12.1 Å². The standard InChI is InChI=1S/C23H25NO2S/c1-3-18(2)20-13-15-22(16-14-20)27(25,26)24-23-12-8-7-11-21(23)17-19-9-5-4-6-10-19/h4-16,18,24H,3,17H2,1-2H3. The van der Waals surface area contributed by atoms with Crippen molar-refractivity contribution >= 4 is 15.7 Å². The minimum atomic E-state index is -3.63. The van der Waals surface area contributed by atoms with Gasteiger partial charge in [0, 0.05) is 0 Å². The molecule has 1 atom stereocenters. The van der Waals surface area contributed by atoms with Crippen molar-refractivity contribution in [3.05, 3.63) is 95.6 Å². The molecule has 0 radical (unpaired) electrons. The first-order chi connectivity index (χ1) is 13.0. The summed E-state index contributed by atoms with van der Waals surface area (Å²) >= 11 is 0. The third-order valence-corrected chi connectivity index (χ3v) is 6.25. The molecule has 1 unspecified atom stereocenters. The van der Waals surface area contributed by atoms with Crippen molar-refractivity contribution in [2.75, 3.05) is 4.72 Å². The first kappa shape index (κ1) is 19.2. The number of rotatable bonds is 7. The van der Waals surface area contributed by atoms with Crippen molar-refractivity contribution in [2.24, 2.45) is 0 Å². The lowest BCUT2D eigenvalue weighted by Crippen LogP contribution is -2.14. The van der Waals surface area contributed by atoms with Crippen molar-refractivity contribution in [2.45, 2.75) is 37.5 Å². The molecule has 3 aromatic rings. The molecule has 1 N–H and O–H groups in total. The Balaban J connectivity index is 1.84. The van der Waals surface area contributed by atoms with Crippen LogP contribution in [-0.4, -0.2) is 8.42 Å². The number of anilines is 1. The molecular weight excluding hydrogens is 354 g/mol. The Bertz CT molecular complexity index is 980. The second-order valence-corrected chi connectivity index (χ2v) is 8.49. The fourth-order valence-electron chi connectivity index (χ4n) is 3.00. The van der Waals surface area contributed by atoms with Gasteiger partial charge in [0.1, 0.15) is 0 Å². The van der Waals surface area contributed by atoms with Crippen LogP contribution in [0.3, 0.4) is 0 Å². The molecule has 0 amide bonds. The van der Waals surface area contributed by atoms with Crippen LogP contribution in [0.5, 0.6) is 0 Å². The third kappa shape index (κ3) is 4.77. The molecule has 0 aromatic heterocycles. The molecule has 27 heavy (non-hydrogen) atoms. The van der Waals surface area contributed by atoms with Gasteiger partial charge in [0.15, 0.2) is 0 Å². The Morgan fingerprint density at radius 1 is 0.852 bits per heavy atom. The summed E-state index contributed by atoms with van der Waals surface area (Å²) < 4.78 is 28.4. The van der Waals surface area contributed by atoms with E-state index in [-0.39, 0.29) is 4.90 Å². The summed E-state index contributed by atoms with van der Waals surface area (Å²) in [7, 11) is -3.63. The zero-order chi connectivity index (χ0) is 19.3. The van der Waals surface area contributed by atoms with Crippen LogP contribution in [0.25, 0.3) is 0 Å². The average Bonchev–Trinajstić information content (AvgIpc) is 2.69. The number of hydrogen-bond acceptors (Lipinski definition) is 2. The maximum Gasteiger partial charge on any atom is 0.261 e. The number of para-hydroxylation sites is 1. The number of sulfonamides is 1. The fourth-order valence-corrected chi connectivity index (χ4v) is 4.11. The Kier molecular flexibility index (Phi) is 5.97. The van der Waals surface area contributed by atoms with E-state index in [9.17, 15) is 8.42 Å². The lowest BCUT2D eigenvalue weighted by molar-refractivity contribution is 0.601. The van der Waals surface area contributed by atoms with Gasteiger partial charge in [-0.25, -0.2) is 8.42 Å². The number of hydrogen-bond donors (Lipinski definition) is 1. The predicted octanol–water partition coefficient (Wildman–Crippen LogP) is 5.59. The van der Waals surface area contributed by atoms with Crippen LogP contribution < -0.4 is 4.72 Å². The summed E-state index contributed by atoms with van der Waals surface area (Å²) in [4.78, 5) is 0.282. The molecule has 0 aliphatic rings. The van der Waals surface area contributed by atoms with E-state index in [2.05, 4.69) is 18.6 Å². The average molecular weight is 380 g/mol. The van der Waals surface area contributed by atoms with Gasteiger partial charge in [0.05, 0.1) is 10.6 Å². The van der Waals surface area contributed by atoms with Crippen LogP contribution in [0.1, 0.15) is 42.9 Å². The van der Waals surface area contributed by atoms with Gasteiger partial charge in [0.2, 0.25) is 0 Å². The molecule has 0 saturated heterocycles. The number of nitrogens with one attached hydrogen (secondary N) is 1. The molecule has 0 saturated carbocycles. The normalized spacial score (nSPS) is 12.5. The van der Waals surface area contributed by atoms with Gasteiger partial charge in [-0.05, 0) is 53.6 Å². The van der Waals surface area contributed by atoms with E-state index in [1.807, 2.05) is 66.7 Å². The van der Waals surface area contributed by atoms with Gasteiger partial charge in [-0.3, -0.25) is 4.72 Å². The first-order valence-electron chi connectivity index (χ1n) is 9.24. The van der Waals surface area contributed by atoms with E-state index in [4.69, 9.17) is 0 Å². The SMILES string of the molecule is CCC(C)c1ccc(S(=O)(=O)Nc2ccccc2Cc2ccccc2)cc1. The van der Waals surface area contributed by atoms with Crippen LogP contribution in [0.15, 0.2) is 83.8 Å². The zero-order valence-corrected chi connectivity index (χ0v) is 16.5. The zero-order valence-electron chi connectivity index (χ0n) is 15.7. The van der Waals surface area contributed by atoms with Crippen molar-refractivity contribution in [1.82, 2.24) is 0 Å². The van der Waals surface area contributed by atoms with Gasteiger partial charge in [-0.15, -0.1) is 0 Å². The molecule has 140 valence electrons. The highest BCUT2D eigenvalue weighted by Crippen LogP contribution is 2.24. The van der Waals surface area contributed by atoms with Crippen LogP contribution in [0, 0.1) is 0 Å². The molecule has 3 nitrogen and oxygen atoms in total. The number of benzene rings is 3. The van der Waals surface area contributed by atoms with Crippen molar-refractivity contribution in [3.63, 3.8) is 0 Å². The van der Waals surface area contributed by atoms with Gasteiger partial charge in [-0.1, -0.05) is 74.5 Å². The summed E-state index contributed by atoms with van der Waals surface area (Å²) in [5.74, 6) is 0.418. The van der Waals surface area contributed by atoms with E-state index >= 15 is 0 Å². The summed E-state index contributed by atoms with van der Waals surface area (Å²) in [6.07, 6.45) is 1.70. The van der Waals surface area contributed by atoms with E-state index < -0.39 is 10.0 Å². The molecule has 3 rings (SSSR count). The van der Waals surface area contributed by atoms with Gasteiger partial charge >= 0.3 is 0 Å². The van der Waals surface area contributed by atoms with Crippen LogP contribution in [0.2, 0.25) is 0 Å². The van der Waals surface area contributed by atoms with Crippen molar-refractivity contribution in [3.8, 4) is 0 Å². The molecule has 4 heteroatoms. The highest BCUT2D eigenvalue weighted by Gasteiger charge is 2.16. The molecule has 0 fully saturated rings. The fraction of sp³-hybridized carbons (Fsp3) is 0.217. The van der Waals surface area contributed by atoms with E-state index in [0.29, 0.717) is 18.0 Å². The largest absolute Gasteiger partial charge is 0.279 e. The maximum atomic E-state index is 12.8. The molecule has 0 spiro atoms. The monoisotopic (exact) mass is 379 g/mol. The van der Waals surface area contributed by atoms with Crippen molar-refractivity contribution in [1.29, 1.82) is 0 Å². The van der Waals surface area contributed by atoms with Crippen LogP contribution in [-0.2, 0) is 16.4 Å². The minimum absolute atomic E-state index is 0.282. The van der Waals surface area contributed by atoms with Crippen molar-refractivity contribution < 1.29 is 8.42 Å². The second-order valence-electron chi connectivity index (χ2n) is 6.80. The summed E-state index contributed by atoms with van der Waals surface area (Å²) in [6.45, 7) is 4.27. The Morgan fingerprint density at radius 2 is 1.48 bits per heavy atom. The molecule has 3 aromatic carbocycles. The van der Waals surface area contributed by atoms with E-state index in [0.717, 1.165) is 23.1 Å². The highest BCUT2D eigenvalue weighted by molar-refractivity contribution is 7.92. The van der Waals surface area contributed by atoms with Crippen LogP contribution in [0.4, 0.5) is 5.69 Å². The Labute approximate surface area is 162 Å². The topological polar surface area (TPSA) is 46.2 Å². The summed E-state index contributed by atoms with van der Waals surface area (Å²) in [6, 6.07) is 24.7. The molecule has 0 aliphatic heterocycles. The smallest absolute Gasteiger partial charge is 0.261 e. The molecule has 0 heterocycles. The Hall–Kier alpha value is -2.59. The highest BCUT2D eigenvalue weighted by atomic mass is 32.2. The molecular formula is C23H25NO2S. The second kappa shape index (κ2) is 8.40. The summed E-state index contributed by atoms with van der Waals surface area (Å²) in [5, 5.41) is 0. The lowest BCUT2D eigenvalue weighted by Gasteiger charge is -2.14. The third-order valence-electron chi connectivity index (χ3n) is 4.87. The molecule has 0 aliphatic carbocycles. The first-order valence-corrected chi connectivity index (χ1v) is 10.7. The van der Waals surface area contributed by atoms with Gasteiger partial charge in [-0.2, -0.15) is 0 Å². The summed E-state index contributed by atoms with van der Waals surface area (Å²) in [5.41, 5.74) is 3.86. The predicted molar refractivity (Wildman–Crippen MR) is 112 cm³/mol. The quantitative estimate of drug-likeness (QED) is 0.581. The maximum absolute atomic E-state index is 12.8. The molecule has 0 bridgehead atoms. The van der Waals surface area contributed by atoms with Gasteiger partial charge < -0.3 is 0 Å². The lowest BCUT2D eigenvalue weighted by atomic mass is 9.99. The Morgan fingerprint density at radius 3 is 2.15 bits per heavy atom. The minimum Gasteiger partial charge on any atom is -0.279 e. The van der Waals surface area contributed by atoms with Crippen LogP contribution >= 0.6 is 0 Å².